The van der Waals surface area contributed by atoms with Crippen LogP contribution in [0.5, 0.6) is 0 Å². The molecule has 2 saturated carbocycles. The average molecular weight is 196 g/mol. The standard InChI is InChI=1S/C12H20O2/c1-4-10-7(2)11-5-9(10)6-12(11)14-8(3)13/h7,9-12H,4-6H2,1-3H3. The predicted octanol–water partition coefficient (Wildman–Crippen LogP) is 2.62. The molecule has 0 aromatic carbocycles. The summed E-state index contributed by atoms with van der Waals surface area (Å²) < 4.78 is 5.37. The fourth-order valence-electron chi connectivity index (χ4n) is 3.77. The molecule has 2 rings (SSSR count). The first-order valence-electron chi connectivity index (χ1n) is 5.80. The Hall–Kier alpha value is -0.530. The van der Waals surface area contributed by atoms with Gasteiger partial charge in [0.2, 0.25) is 0 Å². The molecule has 5 unspecified atom stereocenters. The van der Waals surface area contributed by atoms with Gasteiger partial charge in [-0.1, -0.05) is 20.3 Å². The van der Waals surface area contributed by atoms with E-state index in [9.17, 15) is 4.79 Å². The molecule has 2 aliphatic rings. The van der Waals surface area contributed by atoms with Gasteiger partial charge in [-0.3, -0.25) is 4.79 Å². The van der Waals surface area contributed by atoms with Gasteiger partial charge < -0.3 is 4.74 Å². The van der Waals surface area contributed by atoms with Crippen LogP contribution in [0.15, 0.2) is 0 Å². The lowest BCUT2D eigenvalue weighted by Crippen LogP contribution is -2.32. The molecule has 0 amide bonds. The maximum Gasteiger partial charge on any atom is 0.302 e. The van der Waals surface area contributed by atoms with Gasteiger partial charge in [0.1, 0.15) is 6.10 Å². The molecular weight excluding hydrogens is 176 g/mol. The first-order chi connectivity index (χ1) is 6.63. The van der Waals surface area contributed by atoms with Crippen molar-refractivity contribution in [1.82, 2.24) is 0 Å². The molecule has 2 nitrogen and oxygen atoms in total. The second-order valence-corrected chi connectivity index (χ2v) is 4.97. The summed E-state index contributed by atoms with van der Waals surface area (Å²) >= 11 is 0. The molecule has 0 radical (unpaired) electrons. The van der Waals surface area contributed by atoms with Crippen LogP contribution in [0, 0.1) is 23.7 Å². The Kier molecular flexibility index (Phi) is 2.54. The van der Waals surface area contributed by atoms with Crippen molar-refractivity contribution in [2.24, 2.45) is 23.7 Å². The van der Waals surface area contributed by atoms with E-state index in [1.807, 2.05) is 0 Å². The Balaban J connectivity index is 2.01. The van der Waals surface area contributed by atoms with Crippen LogP contribution in [0.3, 0.4) is 0 Å². The van der Waals surface area contributed by atoms with Gasteiger partial charge in [0, 0.05) is 6.92 Å². The third-order valence-electron chi connectivity index (χ3n) is 4.33. The third kappa shape index (κ3) is 1.45. The predicted molar refractivity (Wildman–Crippen MR) is 54.7 cm³/mol. The Morgan fingerprint density at radius 2 is 2.14 bits per heavy atom. The van der Waals surface area contributed by atoms with Gasteiger partial charge in [0.15, 0.2) is 0 Å². The molecule has 0 aromatic heterocycles. The quantitative estimate of drug-likeness (QED) is 0.635. The minimum absolute atomic E-state index is 0.109. The lowest BCUT2D eigenvalue weighted by atomic mass is 9.78. The molecule has 0 aromatic rings. The van der Waals surface area contributed by atoms with Gasteiger partial charge in [0.05, 0.1) is 0 Å². The van der Waals surface area contributed by atoms with E-state index >= 15 is 0 Å². The topological polar surface area (TPSA) is 26.3 Å². The van der Waals surface area contributed by atoms with E-state index in [4.69, 9.17) is 4.74 Å². The zero-order chi connectivity index (χ0) is 10.3. The van der Waals surface area contributed by atoms with Gasteiger partial charge in [-0.2, -0.15) is 0 Å². The van der Waals surface area contributed by atoms with E-state index in [-0.39, 0.29) is 12.1 Å². The van der Waals surface area contributed by atoms with Crippen LogP contribution in [-0.2, 0) is 9.53 Å². The van der Waals surface area contributed by atoms with Crippen LogP contribution >= 0.6 is 0 Å². The van der Waals surface area contributed by atoms with Crippen LogP contribution in [0.1, 0.15) is 40.0 Å². The Morgan fingerprint density at radius 3 is 2.64 bits per heavy atom. The maximum atomic E-state index is 10.9. The van der Waals surface area contributed by atoms with Crippen LogP contribution in [0.4, 0.5) is 0 Å². The van der Waals surface area contributed by atoms with Crippen molar-refractivity contribution in [2.75, 3.05) is 0 Å². The minimum atomic E-state index is -0.109. The molecule has 80 valence electrons. The van der Waals surface area contributed by atoms with Crippen molar-refractivity contribution in [2.45, 2.75) is 46.1 Å². The summed E-state index contributed by atoms with van der Waals surface area (Å²) in [6.07, 6.45) is 3.93. The highest BCUT2D eigenvalue weighted by Crippen LogP contribution is 2.54. The molecule has 0 aliphatic heterocycles. The van der Waals surface area contributed by atoms with Crippen LogP contribution in [0.2, 0.25) is 0 Å². The van der Waals surface area contributed by atoms with E-state index in [1.54, 1.807) is 0 Å². The molecule has 0 N–H and O–H groups in total. The minimum Gasteiger partial charge on any atom is -0.462 e. The molecule has 0 saturated heterocycles. The fraction of sp³-hybridized carbons (Fsp3) is 0.917. The van der Waals surface area contributed by atoms with E-state index < -0.39 is 0 Å². The van der Waals surface area contributed by atoms with E-state index in [0.29, 0.717) is 5.92 Å². The molecular formula is C12H20O2. The number of esters is 1. The van der Waals surface area contributed by atoms with Gasteiger partial charge in [-0.25, -0.2) is 0 Å². The monoisotopic (exact) mass is 196 g/mol. The number of hydrogen-bond acceptors (Lipinski definition) is 2. The highest BCUT2D eigenvalue weighted by Gasteiger charge is 2.51. The van der Waals surface area contributed by atoms with Crippen LogP contribution < -0.4 is 0 Å². The molecule has 2 heteroatoms. The van der Waals surface area contributed by atoms with E-state index in [1.165, 1.54) is 19.8 Å². The van der Waals surface area contributed by atoms with Crippen molar-refractivity contribution in [3.8, 4) is 0 Å². The Morgan fingerprint density at radius 1 is 1.43 bits per heavy atom. The molecule has 2 bridgehead atoms. The molecule has 5 atom stereocenters. The largest absolute Gasteiger partial charge is 0.462 e. The zero-order valence-electron chi connectivity index (χ0n) is 9.32. The molecule has 14 heavy (non-hydrogen) atoms. The molecule has 2 aliphatic carbocycles. The van der Waals surface area contributed by atoms with Crippen molar-refractivity contribution in [1.29, 1.82) is 0 Å². The lowest BCUT2D eigenvalue weighted by Gasteiger charge is -2.32. The number of hydrogen-bond donors (Lipinski definition) is 0. The summed E-state index contributed by atoms with van der Waals surface area (Å²) in [6, 6.07) is 0. The van der Waals surface area contributed by atoms with E-state index in [0.717, 1.165) is 24.2 Å². The number of rotatable bonds is 2. The van der Waals surface area contributed by atoms with Crippen molar-refractivity contribution >= 4 is 5.97 Å². The summed E-state index contributed by atoms with van der Waals surface area (Å²) in [7, 11) is 0. The second-order valence-electron chi connectivity index (χ2n) is 4.97. The van der Waals surface area contributed by atoms with Crippen molar-refractivity contribution in [3.05, 3.63) is 0 Å². The van der Waals surface area contributed by atoms with Gasteiger partial charge in [-0.05, 0) is 36.5 Å². The first kappa shape index (κ1) is 10.0. The normalized spacial score (nSPS) is 45.5. The highest BCUT2D eigenvalue weighted by atomic mass is 16.5. The Labute approximate surface area is 86.0 Å². The number of carbonyl (C=O) groups is 1. The van der Waals surface area contributed by atoms with Crippen molar-refractivity contribution in [3.63, 3.8) is 0 Å². The summed E-state index contributed by atoms with van der Waals surface area (Å²) in [5.41, 5.74) is 0. The zero-order valence-corrected chi connectivity index (χ0v) is 9.32. The number of fused-ring (bicyclic) bond motifs is 2. The second kappa shape index (κ2) is 3.56. The maximum absolute atomic E-state index is 10.9. The molecule has 0 spiro atoms. The summed E-state index contributed by atoms with van der Waals surface area (Å²) in [6.45, 7) is 6.13. The molecule has 2 fully saturated rings. The van der Waals surface area contributed by atoms with Crippen LogP contribution in [-0.4, -0.2) is 12.1 Å². The summed E-state index contributed by atoms with van der Waals surface area (Å²) in [5.74, 6) is 3.00. The number of carbonyl (C=O) groups excluding carboxylic acids is 1. The SMILES string of the molecule is CCC1C2CC(OC(C)=O)C(C2)C1C. The van der Waals surface area contributed by atoms with Crippen molar-refractivity contribution < 1.29 is 9.53 Å². The molecule has 0 heterocycles. The fourth-order valence-corrected chi connectivity index (χ4v) is 3.77. The summed E-state index contributed by atoms with van der Waals surface area (Å²) in [5, 5.41) is 0. The third-order valence-corrected chi connectivity index (χ3v) is 4.33. The average Bonchev–Trinajstić information content (AvgIpc) is 2.60. The smallest absolute Gasteiger partial charge is 0.302 e. The van der Waals surface area contributed by atoms with Gasteiger partial charge in [0.25, 0.3) is 0 Å². The van der Waals surface area contributed by atoms with Gasteiger partial charge in [-0.15, -0.1) is 0 Å². The first-order valence-corrected chi connectivity index (χ1v) is 5.80. The summed E-state index contributed by atoms with van der Waals surface area (Å²) in [4.78, 5) is 10.9. The van der Waals surface area contributed by atoms with E-state index in [2.05, 4.69) is 13.8 Å². The Bertz CT molecular complexity index is 234. The highest BCUT2D eigenvalue weighted by molar-refractivity contribution is 5.66. The number of ether oxygens (including phenoxy) is 1. The lowest BCUT2D eigenvalue weighted by molar-refractivity contribution is -0.150. The van der Waals surface area contributed by atoms with Gasteiger partial charge >= 0.3 is 5.97 Å². The van der Waals surface area contributed by atoms with Crippen LogP contribution in [0.25, 0.3) is 0 Å².